The monoisotopic (exact) mass is 301 g/mol. The van der Waals surface area contributed by atoms with Crippen LogP contribution in [0.4, 0.5) is 4.79 Å². The maximum Gasteiger partial charge on any atom is 0.318 e. The number of hydrogen-bond donors (Lipinski definition) is 1. The molecule has 22 heavy (non-hydrogen) atoms. The van der Waals surface area contributed by atoms with E-state index in [9.17, 15) is 9.59 Å². The van der Waals surface area contributed by atoms with Crippen LogP contribution in [0.5, 0.6) is 0 Å². The van der Waals surface area contributed by atoms with Crippen LogP contribution >= 0.6 is 0 Å². The third-order valence-electron chi connectivity index (χ3n) is 4.53. The molecule has 1 unspecified atom stereocenters. The van der Waals surface area contributed by atoms with Crippen molar-refractivity contribution in [3.8, 4) is 0 Å². The number of benzene rings is 1. The smallest absolute Gasteiger partial charge is 0.318 e. The number of nitrogens with zero attached hydrogens (tertiary/aromatic N) is 2. The molecule has 2 aliphatic rings. The summed E-state index contributed by atoms with van der Waals surface area (Å²) >= 11 is 0. The highest BCUT2D eigenvalue weighted by Gasteiger charge is 2.33. The molecule has 5 nitrogen and oxygen atoms in total. The molecule has 3 amide bonds. The second kappa shape index (κ2) is 5.99. The molecule has 0 aliphatic carbocycles. The van der Waals surface area contributed by atoms with E-state index in [4.69, 9.17) is 0 Å². The van der Waals surface area contributed by atoms with Crippen LogP contribution in [0.25, 0.3) is 0 Å². The predicted molar refractivity (Wildman–Crippen MR) is 84.3 cm³/mol. The summed E-state index contributed by atoms with van der Waals surface area (Å²) in [6.45, 7) is 6.01. The van der Waals surface area contributed by atoms with Crippen LogP contribution in [-0.2, 0) is 17.8 Å². The summed E-state index contributed by atoms with van der Waals surface area (Å²) in [4.78, 5) is 28.0. The highest BCUT2D eigenvalue weighted by atomic mass is 16.2. The van der Waals surface area contributed by atoms with E-state index in [1.54, 1.807) is 0 Å². The highest BCUT2D eigenvalue weighted by Crippen LogP contribution is 2.19. The molecule has 1 N–H and O–H groups in total. The highest BCUT2D eigenvalue weighted by molar-refractivity contribution is 5.82. The van der Waals surface area contributed by atoms with Gasteiger partial charge in [-0.2, -0.15) is 0 Å². The molecule has 1 fully saturated rings. The Morgan fingerprint density at radius 1 is 1.27 bits per heavy atom. The number of likely N-dealkylation sites (tertiary alicyclic amines) is 1. The molecule has 0 bridgehead atoms. The number of urea groups is 1. The molecule has 1 atom stereocenters. The number of amides is 3. The molecule has 0 saturated carbocycles. The van der Waals surface area contributed by atoms with E-state index in [0.717, 1.165) is 13.0 Å². The Morgan fingerprint density at radius 2 is 2.00 bits per heavy atom. The van der Waals surface area contributed by atoms with Gasteiger partial charge in [-0.3, -0.25) is 4.79 Å². The summed E-state index contributed by atoms with van der Waals surface area (Å²) in [5.74, 6) is 0.129. The zero-order chi connectivity index (χ0) is 15.7. The Bertz CT molecular complexity index is 585. The van der Waals surface area contributed by atoms with Gasteiger partial charge in [-0.05, 0) is 31.4 Å². The van der Waals surface area contributed by atoms with Crippen molar-refractivity contribution >= 4 is 11.9 Å². The quantitative estimate of drug-likeness (QED) is 0.905. The van der Waals surface area contributed by atoms with Crippen LogP contribution in [0, 0.1) is 0 Å². The van der Waals surface area contributed by atoms with Gasteiger partial charge in [-0.1, -0.05) is 24.3 Å². The van der Waals surface area contributed by atoms with Crippen molar-refractivity contribution in [1.29, 1.82) is 0 Å². The third kappa shape index (κ3) is 2.93. The fourth-order valence-electron chi connectivity index (χ4n) is 3.26. The molecular formula is C17H23N3O2. The number of hydrogen-bond acceptors (Lipinski definition) is 2. The van der Waals surface area contributed by atoms with Gasteiger partial charge < -0.3 is 15.1 Å². The first-order valence-electron chi connectivity index (χ1n) is 7.96. The van der Waals surface area contributed by atoms with Crippen molar-refractivity contribution in [1.82, 2.24) is 15.1 Å². The van der Waals surface area contributed by atoms with E-state index in [2.05, 4.69) is 17.4 Å². The minimum atomic E-state index is -0.0698. The molecule has 5 heteroatoms. The number of rotatable bonds is 2. The van der Waals surface area contributed by atoms with Crippen LogP contribution < -0.4 is 5.32 Å². The Hall–Kier alpha value is -2.04. The van der Waals surface area contributed by atoms with E-state index in [0.29, 0.717) is 19.5 Å². The van der Waals surface area contributed by atoms with Gasteiger partial charge in [0.25, 0.3) is 0 Å². The van der Waals surface area contributed by atoms with Gasteiger partial charge in [-0.25, -0.2) is 4.79 Å². The molecule has 0 radical (unpaired) electrons. The normalized spacial score (nSPS) is 21.2. The third-order valence-corrected chi connectivity index (χ3v) is 4.53. The zero-order valence-corrected chi connectivity index (χ0v) is 13.2. The molecule has 1 aromatic rings. The van der Waals surface area contributed by atoms with Crippen LogP contribution in [0.1, 0.15) is 31.4 Å². The Labute approximate surface area is 131 Å². The fourth-order valence-corrected chi connectivity index (χ4v) is 3.26. The van der Waals surface area contributed by atoms with Crippen LogP contribution in [0.3, 0.4) is 0 Å². The SMILES string of the molecule is CC(C)N1CC(NC(=O)N2CCc3ccccc3C2)CC1=O. The number of nitrogens with one attached hydrogen (secondary N) is 1. The Kier molecular flexibility index (Phi) is 4.05. The number of fused-ring (bicyclic) bond motifs is 1. The van der Waals surface area contributed by atoms with E-state index >= 15 is 0 Å². The molecule has 1 aromatic carbocycles. The Balaban J connectivity index is 1.59. The Morgan fingerprint density at radius 3 is 2.68 bits per heavy atom. The van der Waals surface area contributed by atoms with Crippen molar-refractivity contribution in [2.45, 2.75) is 45.3 Å². The second-order valence-corrected chi connectivity index (χ2v) is 6.43. The first-order valence-corrected chi connectivity index (χ1v) is 7.96. The van der Waals surface area contributed by atoms with Gasteiger partial charge in [0.15, 0.2) is 0 Å². The average molecular weight is 301 g/mol. The zero-order valence-electron chi connectivity index (χ0n) is 13.2. The fraction of sp³-hybridized carbons (Fsp3) is 0.529. The van der Waals surface area contributed by atoms with Gasteiger partial charge in [0, 0.05) is 32.1 Å². The number of carbonyl (C=O) groups excluding carboxylic acids is 2. The van der Waals surface area contributed by atoms with Crippen LogP contribution in [0.15, 0.2) is 24.3 Å². The maximum atomic E-state index is 12.4. The molecule has 0 spiro atoms. The van der Waals surface area contributed by atoms with Gasteiger partial charge in [0.1, 0.15) is 0 Å². The first-order chi connectivity index (χ1) is 10.5. The molecule has 2 aliphatic heterocycles. The summed E-state index contributed by atoms with van der Waals surface area (Å²) in [6, 6.07) is 8.32. The largest absolute Gasteiger partial charge is 0.338 e. The second-order valence-electron chi connectivity index (χ2n) is 6.43. The average Bonchev–Trinajstić information content (AvgIpc) is 2.87. The van der Waals surface area contributed by atoms with Crippen LogP contribution in [0.2, 0.25) is 0 Å². The lowest BCUT2D eigenvalue weighted by Crippen LogP contribution is -2.47. The molecule has 0 aromatic heterocycles. The van der Waals surface area contributed by atoms with E-state index in [1.807, 2.05) is 35.8 Å². The summed E-state index contributed by atoms with van der Waals surface area (Å²) in [7, 11) is 0. The lowest BCUT2D eigenvalue weighted by atomic mass is 10.0. The summed E-state index contributed by atoms with van der Waals surface area (Å²) in [5.41, 5.74) is 2.55. The minimum absolute atomic E-state index is 0.0575. The van der Waals surface area contributed by atoms with Crippen molar-refractivity contribution in [3.05, 3.63) is 35.4 Å². The minimum Gasteiger partial charge on any atom is -0.338 e. The molecule has 3 rings (SSSR count). The van der Waals surface area contributed by atoms with Crippen molar-refractivity contribution in [3.63, 3.8) is 0 Å². The van der Waals surface area contributed by atoms with E-state index in [1.165, 1.54) is 11.1 Å². The summed E-state index contributed by atoms with van der Waals surface area (Å²) < 4.78 is 0. The maximum absolute atomic E-state index is 12.4. The number of carbonyl (C=O) groups is 2. The van der Waals surface area contributed by atoms with Crippen molar-refractivity contribution < 1.29 is 9.59 Å². The topological polar surface area (TPSA) is 52.7 Å². The van der Waals surface area contributed by atoms with Crippen molar-refractivity contribution in [2.24, 2.45) is 0 Å². The molecule has 1 saturated heterocycles. The van der Waals surface area contributed by atoms with Crippen molar-refractivity contribution in [2.75, 3.05) is 13.1 Å². The molecule has 118 valence electrons. The van der Waals surface area contributed by atoms with E-state index in [-0.39, 0.29) is 24.0 Å². The van der Waals surface area contributed by atoms with E-state index < -0.39 is 0 Å². The first kappa shape index (κ1) is 14.9. The van der Waals surface area contributed by atoms with Gasteiger partial charge in [-0.15, -0.1) is 0 Å². The van der Waals surface area contributed by atoms with Crippen LogP contribution in [-0.4, -0.2) is 46.9 Å². The van der Waals surface area contributed by atoms with Gasteiger partial charge in [0.2, 0.25) is 5.91 Å². The van der Waals surface area contributed by atoms with Gasteiger partial charge in [0.05, 0.1) is 6.04 Å². The predicted octanol–water partition coefficient (Wildman–Crippen LogP) is 1.76. The summed E-state index contributed by atoms with van der Waals surface area (Å²) in [6.07, 6.45) is 1.31. The standard InChI is InChI=1S/C17H23N3O2/c1-12(2)20-11-15(9-16(20)21)18-17(22)19-8-7-13-5-3-4-6-14(13)10-19/h3-6,12,15H,7-11H2,1-2H3,(H,18,22). The lowest BCUT2D eigenvalue weighted by molar-refractivity contribution is -0.129. The molecular weight excluding hydrogens is 278 g/mol. The molecule has 2 heterocycles. The lowest BCUT2D eigenvalue weighted by Gasteiger charge is -2.30. The summed E-state index contributed by atoms with van der Waals surface area (Å²) in [5, 5.41) is 3.02. The van der Waals surface area contributed by atoms with Gasteiger partial charge >= 0.3 is 6.03 Å².